The van der Waals surface area contributed by atoms with Crippen LogP contribution in [0.15, 0.2) is 24.3 Å². The standard InChI is InChI=1S/C12H14F/c13-12-9-5-4-8-11(12)10-6-2-1-3-7-10/h2,4-5,8-10H,1,3,6-7H2. The molecule has 0 saturated heterocycles. The number of rotatable bonds is 1. The molecule has 1 radical (unpaired) electrons. The van der Waals surface area contributed by atoms with Crippen molar-refractivity contribution in [2.24, 2.45) is 0 Å². The Balaban J connectivity index is 2.18. The second-order valence-corrected chi connectivity index (χ2v) is 3.67. The molecule has 2 rings (SSSR count). The van der Waals surface area contributed by atoms with Crippen LogP contribution < -0.4 is 0 Å². The highest BCUT2D eigenvalue weighted by molar-refractivity contribution is 5.22. The Bertz CT molecular complexity index is 274. The second kappa shape index (κ2) is 3.91. The van der Waals surface area contributed by atoms with Gasteiger partial charge in [0, 0.05) is 0 Å². The maximum absolute atomic E-state index is 13.4. The van der Waals surface area contributed by atoms with Gasteiger partial charge in [0.2, 0.25) is 0 Å². The minimum absolute atomic E-state index is 0.0391. The van der Waals surface area contributed by atoms with Crippen LogP contribution >= 0.6 is 0 Å². The molecule has 0 heterocycles. The van der Waals surface area contributed by atoms with Gasteiger partial charge < -0.3 is 0 Å². The van der Waals surface area contributed by atoms with Crippen molar-refractivity contribution < 1.29 is 4.39 Å². The van der Waals surface area contributed by atoms with Gasteiger partial charge in [0.25, 0.3) is 0 Å². The molecule has 1 aliphatic carbocycles. The molecule has 0 bridgehead atoms. The summed E-state index contributed by atoms with van der Waals surface area (Å²) in [6.07, 6.45) is 6.86. The molecule has 1 saturated carbocycles. The lowest BCUT2D eigenvalue weighted by molar-refractivity contribution is 0.491. The smallest absolute Gasteiger partial charge is 0.126 e. The van der Waals surface area contributed by atoms with E-state index in [9.17, 15) is 4.39 Å². The molecule has 0 aromatic heterocycles. The maximum Gasteiger partial charge on any atom is 0.126 e. The van der Waals surface area contributed by atoms with Crippen molar-refractivity contribution in [2.45, 2.75) is 31.6 Å². The van der Waals surface area contributed by atoms with Crippen molar-refractivity contribution >= 4 is 0 Å². The van der Waals surface area contributed by atoms with E-state index in [1.807, 2.05) is 12.1 Å². The van der Waals surface area contributed by atoms with Gasteiger partial charge in [-0.25, -0.2) is 4.39 Å². The Kier molecular flexibility index (Phi) is 2.62. The highest BCUT2D eigenvalue weighted by atomic mass is 19.1. The van der Waals surface area contributed by atoms with Crippen LogP contribution in [0.25, 0.3) is 0 Å². The summed E-state index contributed by atoms with van der Waals surface area (Å²) in [4.78, 5) is 0. The third kappa shape index (κ3) is 1.90. The molecule has 1 unspecified atom stereocenters. The van der Waals surface area contributed by atoms with Gasteiger partial charge in [0.15, 0.2) is 0 Å². The molecule has 1 heteroatoms. The normalized spacial score (nSPS) is 18.8. The Morgan fingerprint density at radius 1 is 1.23 bits per heavy atom. The molecule has 0 spiro atoms. The van der Waals surface area contributed by atoms with Crippen molar-refractivity contribution in [3.63, 3.8) is 0 Å². The lowest BCUT2D eigenvalue weighted by Crippen LogP contribution is -2.06. The van der Waals surface area contributed by atoms with E-state index in [4.69, 9.17) is 0 Å². The zero-order valence-electron chi connectivity index (χ0n) is 7.67. The molecule has 1 aromatic rings. The first-order valence-electron chi connectivity index (χ1n) is 4.94. The Morgan fingerprint density at radius 2 is 2.08 bits per heavy atom. The predicted molar refractivity (Wildman–Crippen MR) is 51.9 cm³/mol. The average molecular weight is 177 g/mol. The van der Waals surface area contributed by atoms with Gasteiger partial charge in [-0.3, -0.25) is 0 Å². The fourth-order valence-corrected chi connectivity index (χ4v) is 2.03. The van der Waals surface area contributed by atoms with Crippen LogP contribution in [0.4, 0.5) is 4.39 Å². The van der Waals surface area contributed by atoms with E-state index in [-0.39, 0.29) is 5.82 Å². The molecular formula is C12H14F. The lowest BCUT2D eigenvalue weighted by Gasteiger charge is -2.21. The van der Waals surface area contributed by atoms with Gasteiger partial charge in [0.05, 0.1) is 0 Å². The molecule has 1 atom stereocenters. The monoisotopic (exact) mass is 177 g/mol. The third-order valence-corrected chi connectivity index (χ3v) is 2.76. The molecule has 0 aliphatic heterocycles. The summed E-state index contributed by atoms with van der Waals surface area (Å²) in [5.41, 5.74) is 0.901. The van der Waals surface area contributed by atoms with Crippen molar-refractivity contribution in [3.8, 4) is 0 Å². The van der Waals surface area contributed by atoms with Gasteiger partial charge in [-0.15, -0.1) is 0 Å². The zero-order chi connectivity index (χ0) is 9.10. The van der Waals surface area contributed by atoms with Crippen LogP contribution in [0.5, 0.6) is 0 Å². The minimum atomic E-state index is -0.0391. The number of halogens is 1. The largest absolute Gasteiger partial charge is 0.207 e. The highest BCUT2D eigenvalue weighted by Crippen LogP contribution is 2.33. The summed E-state index contributed by atoms with van der Waals surface area (Å²) in [5.74, 6) is 0.387. The Morgan fingerprint density at radius 3 is 2.77 bits per heavy atom. The first-order valence-corrected chi connectivity index (χ1v) is 4.94. The average Bonchev–Trinajstić information content (AvgIpc) is 2.20. The number of hydrogen-bond donors (Lipinski definition) is 0. The first kappa shape index (κ1) is 8.74. The lowest BCUT2D eigenvalue weighted by atomic mass is 9.84. The van der Waals surface area contributed by atoms with Gasteiger partial charge >= 0.3 is 0 Å². The molecule has 0 amide bonds. The molecule has 1 fully saturated rings. The summed E-state index contributed by atoms with van der Waals surface area (Å²) in [7, 11) is 0. The van der Waals surface area contributed by atoms with E-state index in [0.717, 1.165) is 18.4 Å². The van der Waals surface area contributed by atoms with Crippen LogP contribution in [0, 0.1) is 12.2 Å². The number of benzene rings is 1. The summed E-state index contributed by atoms with van der Waals surface area (Å²) < 4.78 is 13.4. The summed E-state index contributed by atoms with van der Waals surface area (Å²) in [5, 5.41) is 0. The fourth-order valence-electron chi connectivity index (χ4n) is 2.03. The number of hydrogen-bond acceptors (Lipinski definition) is 0. The van der Waals surface area contributed by atoms with E-state index < -0.39 is 0 Å². The van der Waals surface area contributed by atoms with Gasteiger partial charge in [-0.1, -0.05) is 31.0 Å². The molecule has 0 nitrogen and oxygen atoms in total. The predicted octanol–water partition coefficient (Wildman–Crippen LogP) is 3.69. The highest BCUT2D eigenvalue weighted by Gasteiger charge is 2.17. The Labute approximate surface area is 78.8 Å². The van der Waals surface area contributed by atoms with Crippen LogP contribution in [0.3, 0.4) is 0 Å². The third-order valence-electron chi connectivity index (χ3n) is 2.76. The van der Waals surface area contributed by atoms with Gasteiger partial charge in [-0.05, 0) is 36.8 Å². The summed E-state index contributed by atoms with van der Waals surface area (Å²) >= 11 is 0. The molecular weight excluding hydrogens is 163 g/mol. The minimum Gasteiger partial charge on any atom is -0.207 e. The van der Waals surface area contributed by atoms with Crippen molar-refractivity contribution in [1.82, 2.24) is 0 Å². The van der Waals surface area contributed by atoms with Crippen molar-refractivity contribution in [1.29, 1.82) is 0 Å². The van der Waals surface area contributed by atoms with Crippen LogP contribution in [-0.4, -0.2) is 0 Å². The molecule has 1 aromatic carbocycles. The topological polar surface area (TPSA) is 0 Å². The zero-order valence-corrected chi connectivity index (χ0v) is 7.67. The van der Waals surface area contributed by atoms with Gasteiger partial charge in [-0.2, -0.15) is 0 Å². The van der Waals surface area contributed by atoms with Crippen LogP contribution in [-0.2, 0) is 0 Å². The Hall–Kier alpha value is -0.850. The summed E-state index contributed by atoms with van der Waals surface area (Å²) in [6, 6.07) is 7.15. The van der Waals surface area contributed by atoms with E-state index in [1.54, 1.807) is 12.1 Å². The van der Waals surface area contributed by atoms with Crippen molar-refractivity contribution in [2.75, 3.05) is 0 Å². The summed E-state index contributed by atoms with van der Waals surface area (Å²) in [6.45, 7) is 0. The second-order valence-electron chi connectivity index (χ2n) is 3.67. The van der Waals surface area contributed by atoms with Crippen LogP contribution in [0.2, 0.25) is 0 Å². The SMILES string of the molecule is Fc1ccccc1C1C[CH]CCC1. The fraction of sp³-hybridized carbons (Fsp3) is 0.417. The quantitative estimate of drug-likeness (QED) is 0.613. The molecule has 69 valence electrons. The van der Waals surface area contributed by atoms with Crippen molar-refractivity contribution in [3.05, 3.63) is 42.1 Å². The molecule has 13 heavy (non-hydrogen) atoms. The molecule has 1 aliphatic rings. The maximum atomic E-state index is 13.4. The first-order chi connectivity index (χ1) is 6.38. The van der Waals surface area contributed by atoms with E-state index in [1.165, 1.54) is 12.8 Å². The van der Waals surface area contributed by atoms with E-state index >= 15 is 0 Å². The van der Waals surface area contributed by atoms with Crippen LogP contribution in [0.1, 0.15) is 37.2 Å². The molecule has 0 N–H and O–H groups in total. The van der Waals surface area contributed by atoms with E-state index in [0.29, 0.717) is 5.92 Å². The van der Waals surface area contributed by atoms with E-state index in [2.05, 4.69) is 6.42 Å². The van der Waals surface area contributed by atoms with Gasteiger partial charge in [0.1, 0.15) is 5.82 Å².